The zero-order chi connectivity index (χ0) is 14.9. The van der Waals surface area contributed by atoms with Crippen LogP contribution in [0.15, 0.2) is 45.9 Å². The monoisotopic (exact) mass is 355 g/mol. The van der Waals surface area contributed by atoms with Gasteiger partial charge in [-0.05, 0) is 40.5 Å². The number of rotatable bonds is 3. The molecular formula is C13H14BrN3O2S. The van der Waals surface area contributed by atoms with Crippen molar-refractivity contribution in [1.82, 2.24) is 4.98 Å². The van der Waals surface area contributed by atoms with E-state index >= 15 is 0 Å². The van der Waals surface area contributed by atoms with Crippen molar-refractivity contribution >= 4 is 37.5 Å². The second-order valence-electron chi connectivity index (χ2n) is 4.30. The van der Waals surface area contributed by atoms with Crippen LogP contribution >= 0.6 is 15.9 Å². The summed E-state index contributed by atoms with van der Waals surface area (Å²) in [6.07, 6.45) is 1.46. The second kappa shape index (κ2) is 5.41. The minimum absolute atomic E-state index is 0.0161. The number of nitrogen functional groups attached to an aromatic ring is 1. The first-order valence-corrected chi connectivity index (χ1v) is 8.03. The van der Waals surface area contributed by atoms with Crippen molar-refractivity contribution in [3.8, 4) is 0 Å². The van der Waals surface area contributed by atoms with Crippen molar-refractivity contribution in [3.05, 3.63) is 46.6 Å². The number of benzene rings is 1. The van der Waals surface area contributed by atoms with Crippen molar-refractivity contribution in [1.29, 1.82) is 0 Å². The SMILES string of the molecule is Cc1ccccc1N(C)S(=O)(=O)c1cc(Br)cnc1N. The molecule has 1 heterocycles. The molecule has 0 unspecified atom stereocenters. The summed E-state index contributed by atoms with van der Waals surface area (Å²) in [5, 5.41) is 0. The molecule has 20 heavy (non-hydrogen) atoms. The Kier molecular flexibility index (Phi) is 4.01. The maximum atomic E-state index is 12.6. The van der Waals surface area contributed by atoms with Crippen LogP contribution in [0.25, 0.3) is 0 Å². The first-order valence-electron chi connectivity index (χ1n) is 5.79. The lowest BCUT2D eigenvalue weighted by Gasteiger charge is -2.21. The van der Waals surface area contributed by atoms with E-state index in [0.29, 0.717) is 10.2 Å². The number of para-hydroxylation sites is 1. The van der Waals surface area contributed by atoms with Gasteiger partial charge >= 0.3 is 0 Å². The smallest absolute Gasteiger partial charge is 0.267 e. The van der Waals surface area contributed by atoms with E-state index in [2.05, 4.69) is 20.9 Å². The Labute approximate surface area is 126 Å². The molecule has 0 spiro atoms. The van der Waals surface area contributed by atoms with Crippen LogP contribution in [0.1, 0.15) is 5.56 Å². The fourth-order valence-electron chi connectivity index (χ4n) is 1.83. The largest absolute Gasteiger partial charge is 0.383 e. The third-order valence-corrected chi connectivity index (χ3v) is 5.18. The van der Waals surface area contributed by atoms with Crippen LogP contribution in [0.4, 0.5) is 11.5 Å². The van der Waals surface area contributed by atoms with Crippen LogP contribution in [0.5, 0.6) is 0 Å². The number of hydrogen-bond donors (Lipinski definition) is 1. The van der Waals surface area contributed by atoms with Crippen molar-refractivity contribution in [3.63, 3.8) is 0 Å². The van der Waals surface area contributed by atoms with Gasteiger partial charge in [-0.15, -0.1) is 0 Å². The molecule has 0 fully saturated rings. The summed E-state index contributed by atoms with van der Waals surface area (Å²) >= 11 is 3.21. The summed E-state index contributed by atoms with van der Waals surface area (Å²) < 4.78 is 27.1. The Morgan fingerprint density at radius 1 is 1.30 bits per heavy atom. The average Bonchev–Trinajstić information content (AvgIpc) is 2.41. The molecule has 5 nitrogen and oxygen atoms in total. The van der Waals surface area contributed by atoms with Crippen LogP contribution in [-0.4, -0.2) is 20.4 Å². The van der Waals surface area contributed by atoms with Crippen LogP contribution in [0.2, 0.25) is 0 Å². The summed E-state index contributed by atoms with van der Waals surface area (Å²) in [6, 6.07) is 8.69. The Bertz CT molecular complexity index is 747. The molecule has 1 aromatic carbocycles. The van der Waals surface area contributed by atoms with Gasteiger partial charge in [-0.3, -0.25) is 4.31 Å². The van der Waals surface area contributed by atoms with Gasteiger partial charge in [-0.1, -0.05) is 18.2 Å². The Hall–Kier alpha value is -1.60. The van der Waals surface area contributed by atoms with Crippen LogP contribution in [-0.2, 0) is 10.0 Å². The van der Waals surface area contributed by atoms with Crippen molar-refractivity contribution in [2.24, 2.45) is 0 Å². The van der Waals surface area contributed by atoms with Gasteiger partial charge in [0.15, 0.2) is 0 Å². The van der Waals surface area contributed by atoms with Gasteiger partial charge in [0, 0.05) is 17.7 Å². The van der Waals surface area contributed by atoms with Gasteiger partial charge in [0.2, 0.25) is 0 Å². The van der Waals surface area contributed by atoms with Crippen LogP contribution in [0.3, 0.4) is 0 Å². The summed E-state index contributed by atoms with van der Waals surface area (Å²) in [7, 11) is -2.25. The third-order valence-electron chi connectivity index (χ3n) is 2.94. The molecule has 1 aromatic heterocycles. The highest BCUT2D eigenvalue weighted by molar-refractivity contribution is 9.10. The van der Waals surface area contributed by atoms with Gasteiger partial charge in [-0.2, -0.15) is 0 Å². The summed E-state index contributed by atoms with van der Waals surface area (Å²) in [5.41, 5.74) is 7.16. The molecule has 2 aromatic rings. The van der Waals surface area contributed by atoms with E-state index in [0.717, 1.165) is 5.56 Å². The first kappa shape index (κ1) is 14.8. The van der Waals surface area contributed by atoms with Gasteiger partial charge in [0.25, 0.3) is 10.0 Å². The number of nitrogens with two attached hydrogens (primary N) is 1. The first-order chi connectivity index (χ1) is 9.34. The molecule has 0 saturated carbocycles. The molecule has 0 saturated heterocycles. The quantitative estimate of drug-likeness (QED) is 0.917. The molecule has 2 rings (SSSR count). The average molecular weight is 356 g/mol. The summed E-state index contributed by atoms with van der Waals surface area (Å²) in [6.45, 7) is 1.85. The Balaban J connectivity index is 2.56. The number of anilines is 2. The highest BCUT2D eigenvalue weighted by Crippen LogP contribution is 2.28. The minimum Gasteiger partial charge on any atom is -0.383 e. The number of sulfonamides is 1. The maximum absolute atomic E-state index is 12.6. The highest BCUT2D eigenvalue weighted by atomic mass is 79.9. The van der Waals surface area contributed by atoms with E-state index in [9.17, 15) is 8.42 Å². The van der Waals surface area contributed by atoms with E-state index < -0.39 is 10.0 Å². The van der Waals surface area contributed by atoms with Gasteiger partial charge in [-0.25, -0.2) is 13.4 Å². The fourth-order valence-corrected chi connectivity index (χ4v) is 3.67. The van der Waals surface area contributed by atoms with Gasteiger partial charge in [0.05, 0.1) is 5.69 Å². The van der Waals surface area contributed by atoms with Gasteiger partial charge < -0.3 is 5.73 Å². The topological polar surface area (TPSA) is 76.3 Å². The normalized spacial score (nSPS) is 11.3. The van der Waals surface area contributed by atoms with Crippen molar-refractivity contribution < 1.29 is 8.42 Å². The number of halogens is 1. The molecule has 0 bridgehead atoms. The minimum atomic E-state index is -3.75. The number of aryl methyl sites for hydroxylation is 1. The van der Waals surface area contributed by atoms with E-state index in [4.69, 9.17) is 5.73 Å². The molecule has 0 aliphatic rings. The molecular weight excluding hydrogens is 342 g/mol. The van der Waals surface area contributed by atoms with Gasteiger partial charge in [0.1, 0.15) is 10.7 Å². The van der Waals surface area contributed by atoms with E-state index in [1.807, 2.05) is 19.1 Å². The molecule has 0 aliphatic carbocycles. The molecule has 0 radical (unpaired) electrons. The van der Waals surface area contributed by atoms with Crippen molar-refractivity contribution in [2.75, 3.05) is 17.1 Å². The second-order valence-corrected chi connectivity index (χ2v) is 7.15. The zero-order valence-corrected chi connectivity index (χ0v) is 13.4. The third kappa shape index (κ3) is 2.64. The van der Waals surface area contributed by atoms with E-state index in [1.54, 1.807) is 12.1 Å². The molecule has 106 valence electrons. The maximum Gasteiger partial charge on any atom is 0.267 e. The predicted octanol–water partition coefficient (Wildman–Crippen LogP) is 2.56. The van der Waals surface area contributed by atoms with Crippen LogP contribution < -0.4 is 10.0 Å². The lowest BCUT2D eigenvalue weighted by Crippen LogP contribution is -2.28. The number of nitrogens with zero attached hydrogens (tertiary/aromatic N) is 2. The van der Waals surface area contributed by atoms with E-state index in [-0.39, 0.29) is 10.7 Å². The number of aromatic nitrogens is 1. The summed E-state index contributed by atoms with van der Waals surface area (Å²) in [5.74, 6) is -0.0198. The molecule has 0 atom stereocenters. The predicted molar refractivity (Wildman–Crippen MR) is 83.1 cm³/mol. The standard InChI is InChI=1S/C13H14BrN3O2S/c1-9-5-3-4-6-11(9)17(2)20(18,19)12-7-10(14)8-16-13(12)15/h3-8H,1-2H3,(H2,15,16). The zero-order valence-electron chi connectivity index (χ0n) is 11.0. The van der Waals surface area contributed by atoms with E-state index in [1.165, 1.54) is 23.6 Å². The lowest BCUT2D eigenvalue weighted by atomic mass is 10.2. The summed E-state index contributed by atoms with van der Waals surface area (Å²) in [4.78, 5) is 3.85. The molecule has 0 aliphatic heterocycles. The van der Waals surface area contributed by atoms with Crippen molar-refractivity contribution in [2.45, 2.75) is 11.8 Å². The fraction of sp³-hybridized carbons (Fsp3) is 0.154. The molecule has 2 N–H and O–H groups in total. The number of hydrogen-bond acceptors (Lipinski definition) is 4. The molecule has 7 heteroatoms. The van der Waals surface area contributed by atoms with Crippen LogP contribution in [0, 0.1) is 6.92 Å². The molecule has 0 amide bonds. The number of pyridine rings is 1. The Morgan fingerprint density at radius 3 is 2.60 bits per heavy atom. The lowest BCUT2D eigenvalue weighted by molar-refractivity contribution is 0.594. The highest BCUT2D eigenvalue weighted by Gasteiger charge is 2.25. The Morgan fingerprint density at radius 2 is 1.95 bits per heavy atom.